The van der Waals surface area contributed by atoms with Crippen LogP contribution in [-0.4, -0.2) is 81.3 Å². The topological polar surface area (TPSA) is 86.8 Å². The third-order valence-corrected chi connectivity index (χ3v) is 5.26. The van der Waals surface area contributed by atoms with Gasteiger partial charge in [0.25, 0.3) is 0 Å². The molecular weight excluding hydrogens is 294 g/mol. The summed E-state index contributed by atoms with van der Waals surface area (Å²) in [6, 6.07) is -0.290. The largest absolute Gasteiger partial charge is 0.355 e. The highest BCUT2D eigenvalue weighted by molar-refractivity contribution is 7.91. The molecule has 0 aromatic carbocycles. The Hall–Kier alpha value is -1.15. The Morgan fingerprint density at radius 3 is 2.38 bits per heavy atom. The van der Waals surface area contributed by atoms with Crippen molar-refractivity contribution in [1.29, 1.82) is 0 Å². The number of carbonyl (C=O) groups is 2. The van der Waals surface area contributed by atoms with Gasteiger partial charge in [-0.05, 0) is 20.5 Å². The predicted molar refractivity (Wildman–Crippen MR) is 80.6 cm³/mol. The first-order chi connectivity index (χ1) is 9.71. The molecule has 21 heavy (non-hydrogen) atoms. The van der Waals surface area contributed by atoms with E-state index < -0.39 is 9.84 Å². The highest BCUT2D eigenvalue weighted by atomic mass is 32.2. The molecule has 7 nitrogen and oxygen atoms in total. The van der Waals surface area contributed by atoms with Gasteiger partial charge in [-0.15, -0.1) is 0 Å². The van der Waals surface area contributed by atoms with Crippen molar-refractivity contribution in [2.45, 2.75) is 25.8 Å². The second-order valence-corrected chi connectivity index (χ2v) is 7.90. The molecule has 2 amide bonds. The first kappa shape index (κ1) is 17.9. The van der Waals surface area contributed by atoms with Crippen molar-refractivity contribution in [3.63, 3.8) is 0 Å². The second-order valence-electron chi connectivity index (χ2n) is 5.67. The fraction of sp³-hybridized carbons (Fsp3) is 0.846. The minimum absolute atomic E-state index is 0.00876. The van der Waals surface area contributed by atoms with Gasteiger partial charge in [0.15, 0.2) is 9.84 Å². The average molecular weight is 319 g/mol. The van der Waals surface area contributed by atoms with Gasteiger partial charge in [0.2, 0.25) is 11.8 Å². The Balaban J connectivity index is 2.42. The molecule has 1 unspecified atom stereocenters. The van der Waals surface area contributed by atoms with Crippen LogP contribution in [-0.2, 0) is 19.4 Å². The lowest BCUT2D eigenvalue weighted by atomic mass is 10.2. The SMILES string of the molecule is CC(=O)N(CCC(=O)NCCN(C)C)C1CCS(=O)(=O)C1. The summed E-state index contributed by atoms with van der Waals surface area (Å²) in [5.74, 6) is -0.173. The van der Waals surface area contributed by atoms with Crippen molar-refractivity contribution in [2.75, 3.05) is 45.2 Å². The molecule has 8 heteroatoms. The molecule has 0 bridgehead atoms. The van der Waals surface area contributed by atoms with E-state index in [0.717, 1.165) is 6.54 Å². The third-order valence-electron chi connectivity index (χ3n) is 3.51. The van der Waals surface area contributed by atoms with Crippen LogP contribution in [0.3, 0.4) is 0 Å². The van der Waals surface area contributed by atoms with Crippen LogP contribution < -0.4 is 5.32 Å². The lowest BCUT2D eigenvalue weighted by Gasteiger charge is -2.26. The summed E-state index contributed by atoms with van der Waals surface area (Å²) in [4.78, 5) is 26.8. The molecule has 122 valence electrons. The van der Waals surface area contributed by atoms with Crippen LogP contribution in [0.1, 0.15) is 19.8 Å². The second kappa shape index (κ2) is 7.74. The number of likely N-dealkylation sites (N-methyl/N-ethyl adjacent to an activating group) is 1. The van der Waals surface area contributed by atoms with E-state index in [1.165, 1.54) is 11.8 Å². The normalized spacial score (nSPS) is 20.5. The first-order valence-corrected chi connectivity index (χ1v) is 8.92. The Labute approximate surface area is 126 Å². The third kappa shape index (κ3) is 6.43. The number of carbonyl (C=O) groups excluding carboxylic acids is 2. The van der Waals surface area contributed by atoms with Crippen molar-refractivity contribution in [2.24, 2.45) is 0 Å². The molecule has 1 atom stereocenters. The van der Waals surface area contributed by atoms with E-state index in [4.69, 9.17) is 0 Å². The molecule has 0 radical (unpaired) electrons. The van der Waals surface area contributed by atoms with E-state index in [-0.39, 0.29) is 42.3 Å². The number of nitrogens with one attached hydrogen (secondary N) is 1. The lowest BCUT2D eigenvalue weighted by Crippen LogP contribution is -2.42. The highest BCUT2D eigenvalue weighted by Gasteiger charge is 2.33. The number of rotatable bonds is 7. The Morgan fingerprint density at radius 1 is 1.24 bits per heavy atom. The van der Waals surface area contributed by atoms with Crippen LogP contribution >= 0.6 is 0 Å². The van der Waals surface area contributed by atoms with E-state index in [1.54, 1.807) is 0 Å². The number of hydrogen-bond donors (Lipinski definition) is 1. The van der Waals surface area contributed by atoms with E-state index in [9.17, 15) is 18.0 Å². The fourth-order valence-electron chi connectivity index (χ4n) is 2.35. The summed E-state index contributed by atoms with van der Waals surface area (Å²) in [6.07, 6.45) is 0.660. The Bertz CT molecular complexity index is 476. The molecule has 0 aliphatic carbocycles. The van der Waals surface area contributed by atoms with Crippen LogP contribution in [0.5, 0.6) is 0 Å². The monoisotopic (exact) mass is 319 g/mol. The summed E-state index contributed by atoms with van der Waals surface area (Å²) in [5.41, 5.74) is 0. The molecule has 1 fully saturated rings. The van der Waals surface area contributed by atoms with E-state index in [2.05, 4.69) is 5.32 Å². The van der Waals surface area contributed by atoms with Gasteiger partial charge in [0.05, 0.1) is 11.5 Å². The van der Waals surface area contributed by atoms with Gasteiger partial charge in [0.1, 0.15) is 0 Å². The summed E-state index contributed by atoms with van der Waals surface area (Å²) >= 11 is 0. The van der Waals surface area contributed by atoms with Crippen molar-refractivity contribution in [1.82, 2.24) is 15.1 Å². The summed E-state index contributed by atoms with van der Waals surface area (Å²) in [5, 5.41) is 2.78. The average Bonchev–Trinajstić information content (AvgIpc) is 2.69. The zero-order valence-corrected chi connectivity index (χ0v) is 13.8. The lowest BCUT2D eigenvalue weighted by molar-refractivity contribution is -0.131. The van der Waals surface area contributed by atoms with Crippen molar-refractivity contribution in [3.05, 3.63) is 0 Å². The number of amides is 2. The quantitative estimate of drug-likeness (QED) is 0.656. The van der Waals surface area contributed by atoms with Crippen molar-refractivity contribution in [3.8, 4) is 0 Å². The maximum Gasteiger partial charge on any atom is 0.221 e. The van der Waals surface area contributed by atoms with Gasteiger partial charge in [-0.3, -0.25) is 9.59 Å². The molecule has 1 rings (SSSR count). The minimum atomic E-state index is -3.04. The molecular formula is C13H25N3O4S. The van der Waals surface area contributed by atoms with E-state index in [0.29, 0.717) is 13.0 Å². The fourth-order valence-corrected chi connectivity index (χ4v) is 4.08. The number of hydrogen-bond acceptors (Lipinski definition) is 5. The molecule has 1 aliphatic heterocycles. The van der Waals surface area contributed by atoms with Gasteiger partial charge in [-0.2, -0.15) is 0 Å². The molecule has 1 heterocycles. The van der Waals surface area contributed by atoms with Crippen LogP contribution in [0.4, 0.5) is 0 Å². The molecule has 0 spiro atoms. The van der Waals surface area contributed by atoms with Crippen LogP contribution in [0, 0.1) is 0 Å². The van der Waals surface area contributed by atoms with Gasteiger partial charge in [0, 0.05) is 39.0 Å². The van der Waals surface area contributed by atoms with E-state index >= 15 is 0 Å². The van der Waals surface area contributed by atoms with E-state index in [1.807, 2.05) is 19.0 Å². The predicted octanol–water partition coefficient (Wildman–Crippen LogP) is -0.910. The molecule has 1 aliphatic rings. The highest BCUT2D eigenvalue weighted by Crippen LogP contribution is 2.18. The van der Waals surface area contributed by atoms with Gasteiger partial charge < -0.3 is 15.1 Å². The summed E-state index contributed by atoms with van der Waals surface area (Å²) in [6.45, 7) is 2.99. The molecule has 0 aromatic rings. The zero-order chi connectivity index (χ0) is 16.0. The smallest absolute Gasteiger partial charge is 0.221 e. The van der Waals surface area contributed by atoms with Crippen molar-refractivity contribution >= 4 is 21.7 Å². The van der Waals surface area contributed by atoms with Crippen molar-refractivity contribution < 1.29 is 18.0 Å². The van der Waals surface area contributed by atoms with Gasteiger partial charge in [-0.1, -0.05) is 0 Å². The molecule has 1 N–H and O–H groups in total. The Morgan fingerprint density at radius 2 is 1.90 bits per heavy atom. The zero-order valence-electron chi connectivity index (χ0n) is 13.0. The minimum Gasteiger partial charge on any atom is -0.355 e. The first-order valence-electron chi connectivity index (χ1n) is 7.10. The standard InChI is InChI=1S/C13H25N3O4S/c1-11(17)16(12-5-9-21(19,20)10-12)7-4-13(18)14-6-8-15(2)3/h12H,4-10H2,1-3H3,(H,14,18). The molecule has 0 aromatic heterocycles. The molecule has 1 saturated heterocycles. The summed E-state index contributed by atoms with van der Waals surface area (Å²) < 4.78 is 23.0. The van der Waals surface area contributed by atoms with Crippen LogP contribution in [0.2, 0.25) is 0 Å². The van der Waals surface area contributed by atoms with Crippen LogP contribution in [0.25, 0.3) is 0 Å². The summed E-state index contributed by atoms with van der Waals surface area (Å²) in [7, 11) is 0.805. The molecule has 0 saturated carbocycles. The van der Waals surface area contributed by atoms with Gasteiger partial charge in [-0.25, -0.2) is 8.42 Å². The number of nitrogens with zero attached hydrogens (tertiary/aromatic N) is 2. The maximum absolute atomic E-state index is 11.7. The maximum atomic E-state index is 11.7. The van der Waals surface area contributed by atoms with Gasteiger partial charge >= 0.3 is 0 Å². The number of sulfone groups is 1. The van der Waals surface area contributed by atoms with Crippen LogP contribution in [0.15, 0.2) is 0 Å². The Kier molecular flexibility index (Phi) is 6.60.